The lowest BCUT2D eigenvalue weighted by Crippen LogP contribution is -2.30. The fourth-order valence-corrected chi connectivity index (χ4v) is 2.86. The number of para-hydroxylation sites is 1. The Morgan fingerprint density at radius 1 is 1.04 bits per heavy atom. The minimum Gasteiger partial charge on any atom is -0.366 e. The Morgan fingerprint density at radius 3 is 2.26 bits per heavy atom. The van der Waals surface area contributed by atoms with Gasteiger partial charge in [0.25, 0.3) is 11.5 Å². The maximum atomic E-state index is 13.0. The van der Waals surface area contributed by atoms with E-state index in [0.29, 0.717) is 34.3 Å². The molecule has 23 heavy (non-hydrogen) atoms. The van der Waals surface area contributed by atoms with Crippen LogP contribution >= 0.6 is 0 Å². The maximum Gasteiger partial charge on any atom is 0.263 e. The Bertz CT molecular complexity index is 930. The first-order valence-electron chi connectivity index (χ1n) is 7.31. The number of carbonyl (C=O) groups excluding carboxylic acids is 1. The van der Waals surface area contributed by atoms with Crippen molar-refractivity contribution in [3.05, 3.63) is 76.2 Å². The number of nitrogens with one attached hydrogen (secondary N) is 1. The summed E-state index contributed by atoms with van der Waals surface area (Å²) in [7, 11) is 1.76. The van der Waals surface area contributed by atoms with E-state index in [1.54, 1.807) is 35.9 Å². The van der Waals surface area contributed by atoms with Gasteiger partial charge in [0, 0.05) is 23.0 Å². The van der Waals surface area contributed by atoms with Gasteiger partial charge in [-0.05, 0) is 25.2 Å². The fraction of sp³-hybridized carbons (Fsp3) is 0.111. The molecule has 0 radical (unpaired) electrons. The normalized spacial score (nSPS) is 10.8. The molecule has 3 aromatic rings. The topological polar surface area (TPSA) is 77.1 Å². The van der Waals surface area contributed by atoms with E-state index in [2.05, 4.69) is 5.32 Å². The van der Waals surface area contributed by atoms with Gasteiger partial charge in [-0.15, -0.1) is 0 Å². The van der Waals surface area contributed by atoms with Gasteiger partial charge >= 0.3 is 0 Å². The second-order valence-corrected chi connectivity index (χ2v) is 5.24. The molecular weight excluding hydrogens is 290 g/mol. The van der Waals surface area contributed by atoms with Crippen molar-refractivity contribution in [3.63, 3.8) is 0 Å². The minimum absolute atomic E-state index is 0.165. The van der Waals surface area contributed by atoms with Crippen LogP contribution in [0.3, 0.4) is 0 Å². The van der Waals surface area contributed by atoms with Crippen LogP contribution in [0.1, 0.15) is 16.1 Å². The third-order valence-corrected chi connectivity index (χ3v) is 3.79. The fourth-order valence-electron chi connectivity index (χ4n) is 2.86. The lowest BCUT2D eigenvalue weighted by Gasteiger charge is -2.18. The molecule has 0 unspecified atom stereocenters. The summed E-state index contributed by atoms with van der Waals surface area (Å²) in [5.41, 5.74) is 7.10. The zero-order valence-electron chi connectivity index (χ0n) is 12.7. The molecule has 0 aliphatic carbocycles. The smallest absolute Gasteiger partial charge is 0.263 e. The number of amides is 1. The largest absolute Gasteiger partial charge is 0.366 e. The molecule has 0 fully saturated rings. The average molecular weight is 307 g/mol. The molecular formula is C18H17N3O2. The number of nitrogens with zero attached hydrogens (tertiary/aromatic N) is 1. The van der Waals surface area contributed by atoms with Crippen LogP contribution < -0.4 is 16.6 Å². The molecule has 0 saturated heterocycles. The van der Waals surface area contributed by atoms with Gasteiger partial charge in [0.15, 0.2) is 0 Å². The van der Waals surface area contributed by atoms with Crippen LogP contribution in [0, 0.1) is 0 Å². The van der Waals surface area contributed by atoms with Gasteiger partial charge in [-0.3, -0.25) is 14.2 Å². The predicted octanol–water partition coefficient (Wildman–Crippen LogP) is 1.81. The molecule has 0 spiro atoms. The van der Waals surface area contributed by atoms with E-state index in [-0.39, 0.29) is 5.56 Å². The van der Waals surface area contributed by atoms with Gasteiger partial charge in [-0.2, -0.15) is 0 Å². The van der Waals surface area contributed by atoms with Crippen molar-refractivity contribution in [1.82, 2.24) is 9.88 Å². The Labute approximate surface area is 133 Å². The van der Waals surface area contributed by atoms with Crippen LogP contribution in [0.5, 0.6) is 0 Å². The first-order valence-corrected chi connectivity index (χ1v) is 7.31. The van der Waals surface area contributed by atoms with Crippen molar-refractivity contribution in [2.24, 2.45) is 5.73 Å². The predicted molar refractivity (Wildman–Crippen MR) is 90.8 cm³/mol. The van der Waals surface area contributed by atoms with Crippen LogP contribution in [0.4, 0.5) is 0 Å². The Balaban J connectivity index is 2.52. The van der Waals surface area contributed by atoms with E-state index in [9.17, 15) is 9.59 Å². The number of rotatable bonds is 4. The summed E-state index contributed by atoms with van der Waals surface area (Å²) in [4.78, 5) is 25.1. The summed E-state index contributed by atoms with van der Waals surface area (Å²) < 4.78 is 1.55. The molecule has 1 heterocycles. The Morgan fingerprint density at radius 2 is 1.65 bits per heavy atom. The SMILES string of the molecule is CNCc1c(C(N)=O)c2ccccc2c(=O)n1-c1ccccc1. The third kappa shape index (κ3) is 2.51. The molecule has 0 aliphatic rings. The van der Waals surface area contributed by atoms with Gasteiger partial charge in [-0.1, -0.05) is 36.4 Å². The first kappa shape index (κ1) is 15.0. The average Bonchev–Trinajstić information content (AvgIpc) is 2.56. The minimum atomic E-state index is -0.545. The molecule has 1 aromatic heterocycles. The second-order valence-electron chi connectivity index (χ2n) is 5.24. The highest BCUT2D eigenvalue weighted by molar-refractivity contribution is 6.07. The first-order chi connectivity index (χ1) is 11.1. The van der Waals surface area contributed by atoms with Crippen molar-refractivity contribution in [1.29, 1.82) is 0 Å². The summed E-state index contributed by atoms with van der Waals surface area (Å²) in [6.45, 7) is 0.354. The summed E-state index contributed by atoms with van der Waals surface area (Å²) in [6.07, 6.45) is 0. The molecule has 0 aliphatic heterocycles. The molecule has 0 bridgehead atoms. The van der Waals surface area contributed by atoms with Gasteiger partial charge in [-0.25, -0.2) is 0 Å². The third-order valence-electron chi connectivity index (χ3n) is 3.79. The molecule has 5 nitrogen and oxygen atoms in total. The summed E-state index contributed by atoms with van der Waals surface area (Å²) in [6, 6.07) is 16.3. The van der Waals surface area contributed by atoms with Crippen molar-refractivity contribution in [2.75, 3.05) is 7.05 Å². The number of nitrogens with two attached hydrogens (primary N) is 1. The highest BCUT2D eigenvalue weighted by atomic mass is 16.1. The summed E-state index contributed by atoms with van der Waals surface area (Å²) >= 11 is 0. The molecule has 1 amide bonds. The molecule has 0 atom stereocenters. The highest BCUT2D eigenvalue weighted by Crippen LogP contribution is 2.22. The number of pyridine rings is 1. The van der Waals surface area contributed by atoms with E-state index in [0.717, 1.165) is 0 Å². The van der Waals surface area contributed by atoms with Crippen LogP contribution in [-0.2, 0) is 6.54 Å². The van der Waals surface area contributed by atoms with Crippen molar-refractivity contribution in [3.8, 4) is 5.69 Å². The number of hydrogen-bond donors (Lipinski definition) is 2. The van der Waals surface area contributed by atoms with Crippen LogP contribution in [0.25, 0.3) is 16.5 Å². The lowest BCUT2D eigenvalue weighted by atomic mass is 10.0. The number of primary amides is 1. The van der Waals surface area contributed by atoms with E-state index in [4.69, 9.17) is 5.73 Å². The van der Waals surface area contributed by atoms with E-state index < -0.39 is 5.91 Å². The van der Waals surface area contributed by atoms with Gasteiger partial charge in [0.1, 0.15) is 0 Å². The quantitative estimate of drug-likeness (QED) is 0.771. The monoisotopic (exact) mass is 307 g/mol. The molecule has 5 heteroatoms. The van der Waals surface area contributed by atoms with Crippen LogP contribution in [-0.4, -0.2) is 17.5 Å². The zero-order valence-corrected chi connectivity index (χ0v) is 12.7. The van der Waals surface area contributed by atoms with Crippen LogP contribution in [0.2, 0.25) is 0 Å². The van der Waals surface area contributed by atoms with Gasteiger partial charge in [0.05, 0.1) is 11.3 Å². The van der Waals surface area contributed by atoms with Crippen molar-refractivity contribution < 1.29 is 4.79 Å². The van der Waals surface area contributed by atoms with Crippen LogP contribution in [0.15, 0.2) is 59.4 Å². The van der Waals surface area contributed by atoms with Crippen molar-refractivity contribution in [2.45, 2.75) is 6.54 Å². The van der Waals surface area contributed by atoms with Crippen molar-refractivity contribution >= 4 is 16.7 Å². The molecule has 3 rings (SSSR count). The Hall–Kier alpha value is -2.92. The number of benzene rings is 2. The number of aromatic nitrogens is 1. The molecule has 0 saturated carbocycles. The number of hydrogen-bond acceptors (Lipinski definition) is 3. The number of fused-ring (bicyclic) bond motifs is 1. The maximum absolute atomic E-state index is 13.0. The zero-order chi connectivity index (χ0) is 16.4. The molecule has 2 aromatic carbocycles. The van der Waals surface area contributed by atoms with Gasteiger partial charge < -0.3 is 11.1 Å². The summed E-state index contributed by atoms with van der Waals surface area (Å²) in [5.74, 6) is -0.545. The summed E-state index contributed by atoms with van der Waals surface area (Å²) in [5, 5.41) is 4.08. The van der Waals surface area contributed by atoms with Gasteiger partial charge in [0.2, 0.25) is 0 Å². The second kappa shape index (κ2) is 6.06. The lowest BCUT2D eigenvalue weighted by molar-refractivity contribution is 0.1000. The van der Waals surface area contributed by atoms with E-state index >= 15 is 0 Å². The standard InChI is InChI=1S/C18H17N3O2/c1-20-11-15-16(17(19)22)13-9-5-6-10-14(13)18(23)21(15)12-7-3-2-4-8-12/h2-10,20H,11H2,1H3,(H2,19,22). The van der Waals surface area contributed by atoms with E-state index in [1.807, 2.05) is 30.3 Å². The Kier molecular flexibility index (Phi) is 3.95. The number of carbonyl (C=O) groups is 1. The highest BCUT2D eigenvalue weighted by Gasteiger charge is 2.20. The van der Waals surface area contributed by atoms with E-state index in [1.165, 1.54) is 0 Å². The molecule has 3 N–H and O–H groups in total. The molecule has 116 valence electrons.